The first-order valence-corrected chi connectivity index (χ1v) is 16.2. The first-order chi connectivity index (χ1) is 20.9. The van der Waals surface area contributed by atoms with Crippen LogP contribution in [0.3, 0.4) is 0 Å². The van der Waals surface area contributed by atoms with Crippen LogP contribution in [0.15, 0.2) is 83.8 Å². The number of alkyl halides is 4. The number of benzene rings is 3. The van der Waals surface area contributed by atoms with Crippen LogP contribution in [0.5, 0.6) is 0 Å². The highest BCUT2D eigenvalue weighted by atomic mass is 32.2. The lowest BCUT2D eigenvalue weighted by atomic mass is 9.95. The van der Waals surface area contributed by atoms with Gasteiger partial charge in [0, 0.05) is 16.0 Å². The second-order valence-corrected chi connectivity index (χ2v) is 12.3. The zero-order valence-electron chi connectivity index (χ0n) is 24.5. The summed E-state index contributed by atoms with van der Waals surface area (Å²) in [5, 5.41) is 4.25. The van der Waals surface area contributed by atoms with E-state index in [2.05, 4.69) is 11.2 Å². The average molecular weight is 607 g/mol. The Bertz CT molecular complexity index is 1520. The monoisotopic (exact) mass is 606 g/mol. The largest absolute Gasteiger partial charge is 0.435 e. The lowest BCUT2D eigenvalue weighted by Gasteiger charge is -2.19. The van der Waals surface area contributed by atoms with Gasteiger partial charge in [0.1, 0.15) is 0 Å². The first kappa shape index (κ1) is 31.1. The Morgan fingerprint density at radius 2 is 1.47 bits per heavy atom. The first-order valence-electron chi connectivity index (χ1n) is 15.2. The Hall–Kier alpha value is -3.32. The lowest BCUT2D eigenvalue weighted by molar-refractivity contribution is -0.141. The van der Waals surface area contributed by atoms with Gasteiger partial charge in [-0.2, -0.15) is 18.3 Å². The van der Waals surface area contributed by atoms with Crippen LogP contribution in [0.2, 0.25) is 0 Å². The Morgan fingerprint density at radius 3 is 2.19 bits per heavy atom. The van der Waals surface area contributed by atoms with Crippen molar-refractivity contribution in [2.24, 2.45) is 0 Å². The minimum Gasteiger partial charge on any atom is -0.253 e. The second-order valence-electron chi connectivity index (χ2n) is 11.1. The van der Waals surface area contributed by atoms with Crippen molar-refractivity contribution in [2.45, 2.75) is 75.4 Å². The number of nitrogens with zero attached hydrogens (tertiary/aromatic N) is 2. The highest BCUT2D eigenvalue weighted by Gasteiger charge is 2.39. The van der Waals surface area contributed by atoms with Gasteiger partial charge in [-0.25, -0.2) is 0 Å². The van der Waals surface area contributed by atoms with Crippen LogP contribution in [-0.2, 0) is 6.18 Å². The van der Waals surface area contributed by atoms with Crippen LogP contribution in [-0.4, -0.2) is 22.2 Å². The van der Waals surface area contributed by atoms with Gasteiger partial charge < -0.3 is 0 Å². The number of rotatable bonds is 14. The van der Waals surface area contributed by atoms with E-state index in [1.165, 1.54) is 12.8 Å². The van der Waals surface area contributed by atoms with Crippen molar-refractivity contribution in [1.82, 2.24) is 9.78 Å². The zero-order valence-corrected chi connectivity index (χ0v) is 25.4. The molecule has 3 aromatic carbocycles. The molecule has 1 unspecified atom stereocenters. The summed E-state index contributed by atoms with van der Waals surface area (Å²) in [5.74, 6) is 0.941. The summed E-state index contributed by atoms with van der Waals surface area (Å²) in [6.07, 6.45) is 7.78. The molecule has 226 valence electrons. The van der Waals surface area contributed by atoms with Gasteiger partial charge in [-0.15, -0.1) is 11.8 Å². The number of hydrogen-bond donors (Lipinski definition) is 0. The molecule has 0 saturated carbocycles. The van der Waals surface area contributed by atoms with E-state index in [9.17, 15) is 17.6 Å². The molecule has 43 heavy (non-hydrogen) atoms. The Morgan fingerprint density at radius 1 is 0.791 bits per heavy atom. The van der Waals surface area contributed by atoms with Gasteiger partial charge in [0.15, 0.2) is 5.69 Å². The topological polar surface area (TPSA) is 17.8 Å². The average Bonchev–Trinajstić information content (AvgIpc) is 3.59. The van der Waals surface area contributed by atoms with Crippen LogP contribution in [0.25, 0.3) is 28.5 Å². The summed E-state index contributed by atoms with van der Waals surface area (Å²) in [6, 6.07) is 23.3. The van der Waals surface area contributed by atoms with E-state index in [0.717, 1.165) is 70.6 Å². The highest BCUT2D eigenvalue weighted by molar-refractivity contribution is 7.99. The maximum atomic E-state index is 14.3. The van der Waals surface area contributed by atoms with E-state index >= 15 is 0 Å². The number of allylic oxidation sites excluding steroid dienone is 1. The van der Waals surface area contributed by atoms with Gasteiger partial charge in [0.2, 0.25) is 0 Å². The minimum atomic E-state index is -4.57. The molecule has 0 saturated heterocycles. The van der Waals surface area contributed by atoms with E-state index in [1.54, 1.807) is 23.4 Å². The van der Waals surface area contributed by atoms with Crippen molar-refractivity contribution in [3.63, 3.8) is 0 Å². The quantitative estimate of drug-likeness (QED) is 0.0807. The van der Waals surface area contributed by atoms with Crippen LogP contribution in [0.1, 0.15) is 79.8 Å². The maximum Gasteiger partial charge on any atom is 0.435 e. The maximum absolute atomic E-state index is 14.3. The minimum absolute atomic E-state index is 0.135. The third kappa shape index (κ3) is 7.43. The van der Waals surface area contributed by atoms with Crippen LogP contribution in [0, 0.1) is 6.92 Å². The van der Waals surface area contributed by atoms with Crippen LogP contribution in [0.4, 0.5) is 17.6 Å². The molecule has 1 aliphatic rings. The molecule has 0 aliphatic heterocycles. The Balaban J connectivity index is 1.45. The molecular weight excluding hydrogens is 568 g/mol. The summed E-state index contributed by atoms with van der Waals surface area (Å²) in [7, 11) is 0. The Kier molecular flexibility index (Phi) is 10.4. The number of hydrogen-bond acceptors (Lipinski definition) is 2. The predicted octanol–water partition coefficient (Wildman–Crippen LogP) is 11.3. The normalized spacial score (nSPS) is 14.4. The molecule has 5 rings (SSSR count). The van der Waals surface area contributed by atoms with Crippen molar-refractivity contribution in [2.75, 3.05) is 12.4 Å². The molecule has 1 heterocycles. The number of aromatic nitrogens is 2. The van der Waals surface area contributed by atoms with Gasteiger partial charge >= 0.3 is 6.18 Å². The fourth-order valence-electron chi connectivity index (χ4n) is 5.88. The third-order valence-electron chi connectivity index (χ3n) is 8.08. The molecule has 0 bridgehead atoms. The van der Waals surface area contributed by atoms with Crippen molar-refractivity contribution in [3.05, 3.63) is 101 Å². The summed E-state index contributed by atoms with van der Waals surface area (Å²) >= 11 is 1.75. The summed E-state index contributed by atoms with van der Waals surface area (Å²) in [5.41, 5.74) is 4.30. The lowest BCUT2D eigenvalue weighted by Crippen LogP contribution is -2.13. The molecule has 0 amide bonds. The molecule has 0 spiro atoms. The fourth-order valence-corrected chi connectivity index (χ4v) is 6.83. The number of fused-ring (bicyclic) bond motifs is 1. The molecule has 7 heteroatoms. The van der Waals surface area contributed by atoms with Crippen LogP contribution >= 0.6 is 11.8 Å². The van der Waals surface area contributed by atoms with E-state index in [-0.39, 0.29) is 12.2 Å². The smallest absolute Gasteiger partial charge is 0.253 e. The predicted molar refractivity (Wildman–Crippen MR) is 170 cm³/mol. The fraction of sp³-hybridized carbons (Fsp3) is 0.361. The molecule has 0 N–H and O–H groups in total. The molecule has 1 aliphatic carbocycles. The number of unbranched alkanes of at least 4 members (excludes halogenated alkanes) is 7. The second kappa shape index (κ2) is 14.4. The molecule has 4 aromatic rings. The van der Waals surface area contributed by atoms with Crippen molar-refractivity contribution >= 4 is 17.8 Å². The molecule has 2 nitrogen and oxygen atoms in total. The van der Waals surface area contributed by atoms with E-state index < -0.39 is 17.9 Å². The van der Waals surface area contributed by atoms with Gasteiger partial charge in [-0.05, 0) is 59.9 Å². The number of halogens is 4. The van der Waals surface area contributed by atoms with Crippen molar-refractivity contribution in [1.29, 1.82) is 0 Å². The molecule has 1 atom stereocenters. The summed E-state index contributed by atoms with van der Waals surface area (Å²) < 4.78 is 56.7. The number of thioether (sulfide) groups is 1. The van der Waals surface area contributed by atoms with Gasteiger partial charge in [-0.1, -0.05) is 111 Å². The SMILES string of the molecule is Cc1c(C(F)(F)F)nn(C2C=Cc3ccccc32)c1-c1cc(SCCCCCCCCCCF)ccc1-c1ccccc1. The zero-order chi connectivity index (χ0) is 30.2. The Labute approximate surface area is 256 Å². The van der Waals surface area contributed by atoms with E-state index in [0.29, 0.717) is 12.1 Å². The summed E-state index contributed by atoms with van der Waals surface area (Å²) in [6.45, 7) is 1.32. The molecule has 1 aromatic heterocycles. The standard InChI is InChI=1S/C36H38F4N2S/c1-26-34(42(41-35(26)36(38,39)40)33-22-19-28-17-11-12-18-31(28)33)32-25-29(20-21-30(32)27-15-9-8-10-16-27)43-24-14-7-5-3-2-4-6-13-23-37/h8-12,15-22,25,33H,2-7,13-14,23-24H2,1H3. The van der Waals surface area contributed by atoms with Gasteiger partial charge in [0.05, 0.1) is 18.4 Å². The molecule has 0 radical (unpaired) electrons. The van der Waals surface area contributed by atoms with Crippen molar-refractivity contribution in [3.8, 4) is 22.4 Å². The van der Waals surface area contributed by atoms with Crippen molar-refractivity contribution < 1.29 is 17.6 Å². The van der Waals surface area contributed by atoms with Crippen LogP contribution < -0.4 is 0 Å². The van der Waals surface area contributed by atoms with Gasteiger partial charge in [0.25, 0.3) is 0 Å². The highest BCUT2D eigenvalue weighted by Crippen LogP contribution is 2.44. The molecular formula is C36H38F4N2S. The van der Waals surface area contributed by atoms with E-state index in [4.69, 9.17) is 0 Å². The molecule has 0 fully saturated rings. The van der Waals surface area contributed by atoms with Gasteiger partial charge in [-0.3, -0.25) is 9.07 Å². The van der Waals surface area contributed by atoms with E-state index in [1.807, 2.05) is 78.9 Å². The summed E-state index contributed by atoms with van der Waals surface area (Å²) in [4.78, 5) is 1.03. The third-order valence-corrected chi connectivity index (χ3v) is 9.16.